The molecule has 96 valence electrons. The van der Waals surface area contributed by atoms with Crippen LogP contribution in [0.2, 0.25) is 5.02 Å². The zero-order chi connectivity index (χ0) is 12.8. The van der Waals surface area contributed by atoms with E-state index in [2.05, 4.69) is 16.5 Å². The van der Waals surface area contributed by atoms with E-state index in [1.807, 2.05) is 18.2 Å². The van der Waals surface area contributed by atoms with Gasteiger partial charge in [0.15, 0.2) is 0 Å². The molecule has 1 heterocycles. The Morgan fingerprint density at radius 2 is 2.00 bits per heavy atom. The number of rotatable bonds is 1. The summed E-state index contributed by atoms with van der Waals surface area (Å²) in [6, 6.07) is 5.80. The number of halogens is 1. The van der Waals surface area contributed by atoms with Crippen molar-refractivity contribution in [2.75, 3.05) is 5.73 Å². The summed E-state index contributed by atoms with van der Waals surface area (Å²) >= 11 is 6.34. The van der Waals surface area contributed by atoms with Crippen LogP contribution < -0.4 is 5.73 Å². The molecular weight excluding hydrogens is 246 g/mol. The highest BCUT2D eigenvalue weighted by Gasteiger charge is 2.32. The minimum Gasteiger partial charge on any atom is -0.369 e. The first kappa shape index (κ1) is 11.8. The van der Waals surface area contributed by atoms with Crippen LogP contribution in [0, 0.1) is 0 Å². The van der Waals surface area contributed by atoms with Crippen LogP contribution in [0.5, 0.6) is 0 Å². The van der Waals surface area contributed by atoms with Crippen molar-refractivity contribution in [2.45, 2.75) is 44.6 Å². The second kappa shape index (κ2) is 4.16. The molecule has 4 heteroatoms. The molecule has 0 aliphatic heterocycles. The quantitative estimate of drug-likeness (QED) is 0.847. The molecular formula is C14H18ClN3. The highest BCUT2D eigenvalue weighted by molar-refractivity contribution is 6.35. The summed E-state index contributed by atoms with van der Waals surface area (Å²) in [5.74, 6) is 0.586. The van der Waals surface area contributed by atoms with E-state index >= 15 is 0 Å². The number of aromatic nitrogens is 2. The van der Waals surface area contributed by atoms with Gasteiger partial charge in [0.25, 0.3) is 0 Å². The fourth-order valence-electron chi connectivity index (χ4n) is 3.19. The molecule has 1 aromatic heterocycles. The molecule has 1 saturated carbocycles. The average molecular weight is 264 g/mol. The maximum absolute atomic E-state index is 6.34. The number of hydrogen-bond acceptors (Lipinski definition) is 2. The molecule has 0 radical (unpaired) electrons. The smallest absolute Gasteiger partial charge is 0.201 e. The number of imidazole rings is 1. The number of fused-ring (bicyclic) bond motifs is 1. The SMILES string of the molecule is CC1(n2c(N)nc3cccc(Cl)c32)CCCCC1. The topological polar surface area (TPSA) is 43.8 Å². The largest absolute Gasteiger partial charge is 0.369 e. The molecule has 1 fully saturated rings. The highest BCUT2D eigenvalue weighted by atomic mass is 35.5. The van der Waals surface area contributed by atoms with E-state index in [9.17, 15) is 0 Å². The number of nitrogen functional groups attached to an aromatic ring is 1. The molecule has 0 bridgehead atoms. The zero-order valence-corrected chi connectivity index (χ0v) is 11.4. The molecule has 3 rings (SSSR count). The van der Waals surface area contributed by atoms with Gasteiger partial charge in [0.1, 0.15) is 0 Å². The Morgan fingerprint density at radius 3 is 2.72 bits per heavy atom. The summed E-state index contributed by atoms with van der Waals surface area (Å²) in [7, 11) is 0. The van der Waals surface area contributed by atoms with Gasteiger partial charge in [-0.15, -0.1) is 0 Å². The predicted octanol–water partition coefficient (Wildman–Crippen LogP) is 3.95. The van der Waals surface area contributed by atoms with Crippen molar-refractivity contribution in [1.29, 1.82) is 0 Å². The third kappa shape index (κ3) is 1.69. The van der Waals surface area contributed by atoms with Gasteiger partial charge in [-0.05, 0) is 31.9 Å². The molecule has 1 aliphatic rings. The summed E-state index contributed by atoms with van der Waals surface area (Å²) in [6.45, 7) is 2.27. The first-order chi connectivity index (χ1) is 8.62. The van der Waals surface area contributed by atoms with Crippen LogP contribution in [-0.2, 0) is 5.54 Å². The lowest BCUT2D eigenvalue weighted by molar-refractivity contribution is 0.228. The Balaban J connectivity index is 2.24. The van der Waals surface area contributed by atoms with Gasteiger partial charge < -0.3 is 10.3 Å². The minimum absolute atomic E-state index is 0.0576. The lowest BCUT2D eigenvalue weighted by Gasteiger charge is -2.36. The van der Waals surface area contributed by atoms with Crippen molar-refractivity contribution in [1.82, 2.24) is 9.55 Å². The Bertz CT molecular complexity index is 582. The summed E-state index contributed by atoms with van der Waals surface area (Å²) in [5, 5.41) is 0.739. The molecule has 0 atom stereocenters. The van der Waals surface area contributed by atoms with Crippen LogP contribution in [0.15, 0.2) is 18.2 Å². The van der Waals surface area contributed by atoms with Crippen LogP contribution in [0.4, 0.5) is 5.95 Å². The minimum atomic E-state index is 0.0576. The fourth-order valence-corrected chi connectivity index (χ4v) is 3.44. The van der Waals surface area contributed by atoms with Crippen molar-refractivity contribution >= 4 is 28.6 Å². The third-order valence-corrected chi connectivity index (χ3v) is 4.43. The van der Waals surface area contributed by atoms with E-state index < -0.39 is 0 Å². The van der Waals surface area contributed by atoms with Gasteiger partial charge >= 0.3 is 0 Å². The summed E-state index contributed by atoms with van der Waals surface area (Å²) in [4.78, 5) is 4.45. The fraction of sp³-hybridized carbons (Fsp3) is 0.500. The third-order valence-electron chi connectivity index (χ3n) is 4.12. The highest BCUT2D eigenvalue weighted by Crippen LogP contribution is 2.40. The maximum Gasteiger partial charge on any atom is 0.201 e. The van der Waals surface area contributed by atoms with Crippen molar-refractivity contribution < 1.29 is 0 Å². The van der Waals surface area contributed by atoms with Crippen molar-refractivity contribution in [3.63, 3.8) is 0 Å². The molecule has 2 N–H and O–H groups in total. The number of para-hydroxylation sites is 1. The first-order valence-electron chi connectivity index (χ1n) is 6.55. The molecule has 0 amide bonds. The Labute approximate surface area is 112 Å². The van der Waals surface area contributed by atoms with E-state index in [1.54, 1.807) is 0 Å². The van der Waals surface area contributed by atoms with Crippen LogP contribution in [-0.4, -0.2) is 9.55 Å². The number of anilines is 1. The van der Waals surface area contributed by atoms with Gasteiger partial charge in [0.2, 0.25) is 5.95 Å². The Kier molecular flexibility index (Phi) is 2.74. The van der Waals surface area contributed by atoms with Crippen molar-refractivity contribution in [3.8, 4) is 0 Å². The van der Waals surface area contributed by atoms with Gasteiger partial charge in [-0.25, -0.2) is 4.98 Å². The number of nitrogens with two attached hydrogens (primary N) is 1. The molecule has 3 nitrogen and oxygen atoms in total. The average Bonchev–Trinajstić information content (AvgIpc) is 2.68. The van der Waals surface area contributed by atoms with Gasteiger partial charge in [0.05, 0.1) is 16.1 Å². The van der Waals surface area contributed by atoms with Crippen molar-refractivity contribution in [2.24, 2.45) is 0 Å². The summed E-state index contributed by atoms with van der Waals surface area (Å²) in [6.07, 6.45) is 6.11. The maximum atomic E-state index is 6.34. The molecule has 1 aliphatic carbocycles. The number of benzene rings is 1. The van der Waals surface area contributed by atoms with Crippen LogP contribution >= 0.6 is 11.6 Å². The zero-order valence-electron chi connectivity index (χ0n) is 10.6. The molecule has 0 saturated heterocycles. The van der Waals surface area contributed by atoms with Gasteiger partial charge in [-0.3, -0.25) is 0 Å². The van der Waals surface area contributed by atoms with Crippen molar-refractivity contribution in [3.05, 3.63) is 23.2 Å². The van der Waals surface area contributed by atoms with Crippen LogP contribution in [0.1, 0.15) is 39.0 Å². The Morgan fingerprint density at radius 1 is 1.28 bits per heavy atom. The number of nitrogens with zero attached hydrogens (tertiary/aromatic N) is 2. The Hall–Kier alpha value is -1.22. The van der Waals surface area contributed by atoms with Gasteiger partial charge in [-0.2, -0.15) is 0 Å². The van der Waals surface area contributed by atoms with Crippen LogP contribution in [0.25, 0.3) is 11.0 Å². The lowest BCUT2D eigenvalue weighted by Crippen LogP contribution is -2.33. The molecule has 0 spiro atoms. The predicted molar refractivity (Wildman–Crippen MR) is 75.9 cm³/mol. The second-order valence-electron chi connectivity index (χ2n) is 5.47. The van der Waals surface area contributed by atoms with E-state index in [0.29, 0.717) is 5.95 Å². The van der Waals surface area contributed by atoms with Gasteiger partial charge in [-0.1, -0.05) is 36.9 Å². The summed E-state index contributed by atoms with van der Waals surface area (Å²) in [5.41, 5.74) is 8.07. The normalized spacial score (nSPS) is 19.2. The monoisotopic (exact) mass is 263 g/mol. The van der Waals surface area contributed by atoms with E-state index in [1.165, 1.54) is 19.3 Å². The molecule has 18 heavy (non-hydrogen) atoms. The van der Waals surface area contributed by atoms with E-state index in [0.717, 1.165) is 28.9 Å². The van der Waals surface area contributed by atoms with Crippen LogP contribution in [0.3, 0.4) is 0 Å². The molecule has 2 aromatic rings. The molecule has 1 aromatic carbocycles. The van der Waals surface area contributed by atoms with Gasteiger partial charge in [0, 0.05) is 5.54 Å². The standard InChI is InChI=1S/C14H18ClN3/c1-14(8-3-2-4-9-14)18-12-10(15)6-5-7-11(12)17-13(18)16/h5-7H,2-4,8-9H2,1H3,(H2,16,17). The molecule has 0 unspecified atom stereocenters. The lowest BCUT2D eigenvalue weighted by atomic mass is 9.83. The first-order valence-corrected chi connectivity index (χ1v) is 6.92. The van der Waals surface area contributed by atoms with E-state index in [4.69, 9.17) is 17.3 Å². The summed E-state index contributed by atoms with van der Waals surface area (Å²) < 4.78 is 2.16. The second-order valence-corrected chi connectivity index (χ2v) is 5.88. The number of hydrogen-bond donors (Lipinski definition) is 1. The van der Waals surface area contributed by atoms with E-state index in [-0.39, 0.29) is 5.54 Å².